The fraction of sp³-hybridized carbons (Fsp3) is 0.789. The van der Waals surface area contributed by atoms with E-state index in [1.165, 1.54) is 38.5 Å². The standard InChI is InChI=1S/C19H36N2O3/c1-2-3-4-5-6-7-8-9-10-11-15-18(22)21-16-13-12-14-17(20)19(23)24/h4-5,17H,2-3,6-16,20H2,1H3,(H,21,22)(H,23,24)/b5-4+/t17-/m0/s1. The smallest absolute Gasteiger partial charge is 0.320 e. The Bertz CT molecular complexity index is 357. The van der Waals surface area contributed by atoms with Crippen LogP contribution in [0.15, 0.2) is 12.2 Å². The summed E-state index contributed by atoms with van der Waals surface area (Å²) in [5.74, 6) is -0.865. The molecular formula is C19H36N2O3. The molecular weight excluding hydrogens is 304 g/mol. The van der Waals surface area contributed by atoms with Crippen LogP contribution in [0.5, 0.6) is 0 Å². The Morgan fingerprint density at radius 2 is 1.67 bits per heavy atom. The van der Waals surface area contributed by atoms with Crippen molar-refractivity contribution in [3.63, 3.8) is 0 Å². The van der Waals surface area contributed by atoms with Crippen molar-refractivity contribution >= 4 is 11.9 Å². The molecule has 140 valence electrons. The highest BCUT2D eigenvalue weighted by molar-refractivity contribution is 5.75. The Hall–Kier alpha value is -1.36. The molecule has 0 saturated heterocycles. The molecule has 0 unspecified atom stereocenters. The zero-order chi connectivity index (χ0) is 18.0. The van der Waals surface area contributed by atoms with Crippen molar-refractivity contribution in [2.45, 2.75) is 90.0 Å². The molecule has 1 atom stereocenters. The summed E-state index contributed by atoms with van der Waals surface area (Å²) in [5, 5.41) is 11.5. The van der Waals surface area contributed by atoms with Crippen molar-refractivity contribution < 1.29 is 14.7 Å². The van der Waals surface area contributed by atoms with Crippen molar-refractivity contribution in [3.8, 4) is 0 Å². The van der Waals surface area contributed by atoms with Crippen LogP contribution in [0.2, 0.25) is 0 Å². The highest BCUT2D eigenvalue weighted by atomic mass is 16.4. The minimum absolute atomic E-state index is 0.0973. The molecule has 4 N–H and O–H groups in total. The monoisotopic (exact) mass is 340 g/mol. The molecule has 5 heteroatoms. The first kappa shape index (κ1) is 22.6. The van der Waals surface area contributed by atoms with Crippen LogP contribution in [0.25, 0.3) is 0 Å². The lowest BCUT2D eigenvalue weighted by atomic mass is 10.1. The minimum Gasteiger partial charge on any atom is -0.480 e. The highest BCUT2D eigenvalue weighted by Gasteiger charge is 2.10. The van der Waals surface area contributed by atoms with Crippen molar-refractivity contribution in [2.75, 3.05) is 6.54 Å². The van der Waals surface area contributed by atoms with Gasteiger partial charge in [-0.2, -0.15) is 0 Å². The maximum absolute atomic E-state index is 11.6. The number of nitrogens with two attached hydrogens (primary N) is 1. The van der Waals surface area contributed by atoms with Gasteiger partial charge in [-0.1, -0.05) is 44.8 Å². The normalized spacial score (nSPS) is 12.4. The number of amides is 1. The average molecular weight is 341 g/mol. The molecule has 0 aromatic heterocycles. The van der Waals surface area contributed by atoms with E-state index in [-0.39, 0.29) is 5.91 Å². The van der Waals surface area contributed by atoms with Gasteiger partial charge in [-0.15, -0.1) is 0 Å². The van der Waals surface area contributed by atoms with Crippen molar-refractivity contribution in [1.29, 1.82) is 0 Å². The van der Waals surface area contributed by atoms with E-state index in [0.29, 0.717) is 19.4 Å². The zero-order valence-corrected chi connectivity index (χ0v) is 15.3. The lowest BCUT2D eigenvalue weighted by molar-refractivity contribution is -0.138. The van der Waals surface area contributed by atoms with Gasteiger partial charge in [-0.05, 0) is 44.9 Å². The fourth-order valence-corrected chi connectivity index (χ4v) is 2.41. The van der Waals surface area contributed by atoms with Gasteiger partial charge in [0, 0.05) is 13.0 Å². The number of hydrogen-bond donors (Lipinski definition) is 3. The maximum Gasteiger partial charge on any atom is 0.320 e. The van der Waals surface area contributed by atoms with Gasteiger partial charge in [0.25, 0.3) is 0 Å². The lowest BCUT2D eigenvalue weighted by Gasteiger charge is -2.07. The van der Waals surface area contributed by atoms with Gasteiger partial charge in [0.15, 0.2) is 0 Å². The molecule has 0 radical (unpaired) electrons. The number of allylic oxidation sites excluding steroid dienone is 2. The van der Waals surface area contributed by atoms with Gasteiger partial charge in [-0.25, -0.2) is 0 Å². The van der Waals surface area contributed by atoms with Crippen LogP contribution in [0.4, 0.5) is 0 Å². The number of hydrogen-bond acceptors (Lipinski definition) is 3. The van der Waals surface area contributed by atoms with E-state index in [2.05, 4.69) is 24.4 Å². The predicted octanol–water partition coefficient (Wildman–Crippen LogP) is 3.77. The molecule has 0 aromatic rings. The van der Waals surface area contributed by atoms with Crippen LogP contribution in [0.1, 0.15) is 84.0 Å². The third-order valence-electron chi connectivity index (χ3n) is 3.98. The minimum atomic E-state index is -0.962. The summed E-state index contributed by atoms with van der Waals surface area (Å²) >= 11 is 0. The van der Waals surface area contributed by atoms with E-state index < -0.39 is 12.0 Å². The highest BCUT2D eigenvalue weighted by Crippen LogP contribution is 2.08. The van der Waals surface area contributed by atoms with Crippen LogP contribution in [-0.2, 0) is 9.59 Å². The molecule has 0 saturated carbocycles. The van der Waals surface area contributed by atoms with Gasteiger partial charge in [0.2, 0.25) is 5.91 Å². The van der Waals surface area contributed by atoms with Crippen molar-refractivity contribution in [3.05, 3.63) is 12.2 Å². The molecule has 0 aliphatic heterocycles. The zero-order valence-electron chi connectivity index (χ0n) is 15.3. The number of rotatable bonds is 16. The van der Waals surface area contributed by atoms with E-state index in [0.717, 1.165) is 25.7 Å². The Balaban J connectivity index is 3.31. The molecule has 0 aliphatic carbocycles. The summed E-state index contributed by atoms with van der Waals surface area (Å²) in [6.45, 7) is 2.80. The lowest BCUT2D eigenvalue weighted by Crippen LogP contribution is -2.30. The molecule has 0 spiro atoms. The molecule has 0 rings (SSSR count). The van der Waals surface area contributed by atoms with Gasteiger partial charge in [0.05, 0.1) is 0 Å². The summed E-state index contributed by atoms with van der Waals surface area (Å²) in [5.41, 5.74) is 5.41. The second kappa shape index (κ2) is 16.5. The van der Waals surface area contributed by atoms with Crippen LogP contribution in [0, 0.1) is 0 Å². The summed E-state index contributed by atoms with van der Waals surface area (Å²) in [7, 11) is 0. The number of carbonyl (C=O) groups is 2. The van der Waals surface area contributed by atoms with Crippen molar-refractivity contribution in [1.82, 2.24) is 5.32 Å². The van der Waals surface area contributed by atoms with Gasteiger partial charge < -0.3 is 16.2 Å². The first-order valence-electron chi connectivity index (χ1n) is 9.48. The molecule has 0 heterocycles. The van der Waals surface area contributed by atoms with Crippen LogP contribution in [-0.4, -0.2) is 29.6 Å². The van der Waals surface area contributed by atoms with Crippen LogP contribution >= 0.6 is 0 Å². The van der Waals surface area contributed by atoms with Gasteiger partial charge >= 0.3 is 5.97 Å². The number of nitrogens with one attached hydrogen (secondary N) is 1. The van der Waals surface area contributed by atoms with Gasteiger partial charge in [0.1, 0.15) is 6.04 Å². The molecule has 1 amide bonds. The Morgan fingerprint density at radius 3 is 2.38 bits per heavy atom. The Morgan fingerprint density at radius 1 is 1.00 bits per heavy atom. The van der Waals surface area contributed by atoms with E-state index in [9.17, 15) is 9.59 Å². The SMILES string of the molecule is CCC/C=C/CCCCCCCC(=O)NCCCC[C@H](N)C(=O)O. The summed E-state index contributed by atoms with van der Waals surface area (Å²) in [6.07, 6.45) is 16.4. The summed E-state index contributed by atoms with van der Waals surface area (Å²) < 4.78 is 0. The van der Waals surface area contributed by atoms with E-state index in [4.69, 9.17) is 10.8 Å². The topological polar surface area (TPSA) is 92.4 Å². The Kier molecular flexibility index (Phi) is 15.6. The second-order valence-electron chi connectivity index (χ2n) is 6.36. The quantitative estimate of drug-likeness (QED) is 0.294. The molecule has 0 bridgehead atoms. The third-order valence-corrected chi connectivity index (χ3v) is 3.98. The fourth-order valence-electron chi connectivity index (χ4n) is 2.41. The predicted molar refractivity (Wildman–Crippen MR) is 98.8 cm³/mol. The second-order valence-corrected chi connectivity index (χ2v) is 6.36. The molecule has 0 fully saturated rings. The first-order valence-corrected chi connectivity index (χ1v) is 9.48. The van der Waals surface area contributed by atoms with Crippen molar-refractivity contribution in [2.24, 2.45) is 5.73 Å². The largest absolute Gasteiger partial charge is 0.480 e. The van der Waals surface area contributed by atoms with Crippen LogP contribution < -0.4 is 11.1 Å². The maximum atomic E-state index is 11.6. The number of aliphatic carboxylic acids is 1. The molecule has 5 nitrogen and oxygen atoms in total. The molecule has 0 aromatic carbocycles. The summed E-state index contributed by atoms with van der Waals surface area (Å²) in [4.78, 5) is 22.2. The third kappa shape index (κ3) is 15.5. The van der Waals surface area contributed by atoms with E-state index in [1.54, 1.807) is 0 Å². The number of carbonyl (C=O) groups excluding carboxylic acids is 1. The van der Waals surface area contributed by atoms with E-state index in [1.807, 2.05) is 0 Å². The van der Waals surface area contributed by atoms with E-state index >= 15 is 0 Å². The first-order chi connectivity index (χ1) is 11.6. The van der Waals surface area contributed by atoms with Gasteiger partial charge in [-0.3, -0.25) is 9.59 Å². The summed E-state index contributed by atoms with van der Waals surface area (Å²) in [6, 6.07) is -0.789. The average Bonchev–Trinajstić information content (AvgIpc) is 2.55. The number of carboxylic acids is 1. The molecule has 0 aliphatic rings. The van der Waals surface area contributed by atoms with Crippen LogP contribution in [0.3, 0.4) is 0 Å². The number of carboxylic acid groups (broad SMARTS) is 1. The Labute approximate surface area is 147 Å². The molecule has 24 heavy (non-hydrogen) atoms. The number of unbranched alkanes of at least 4 members (excludes halogenated alkanes) is 7.